The van der Waals surface area contributed by atoms with Crippen molar-refractivity contribution in [3.8, 4) is 6.07 Å². The quantitative estimate of drug-likeness (QED) is 0.395. The van der Waals surface area contributed by atoms with Crippen LogP contribution in [0.25, 0.3) is 0 Å². The highest BCUT2D eigenvalue weighted by Gasteiger charge is 2.43. The molecule has 5 heteroatoms. The molecule has 0 aromatic heterocycles. The third kappa shape index (κ3) is 3.44. The number of carbonyl (C=O) groups excluding carboxylic acids is 1. The standard InChI is InChI=1S/C13H21NO4/c1-16-13(17-2)5-3-12(4-6-13,7-9-14)8-10-18-11-15/h11H,3-8,10H2,1-2H3. The number of carbonyl (C=O) groups is 1. The van der Waals surface area contributed by atoms with Gasteiger partial charge in [0.25, 0.3) is 6.47 Å². The third-order valence-electron chi connectivity index (χ3n) is 4.09. The molecule has 0 spiro atoms. The molecule has 0 N–H and O–H groups in total. The van der Waals surface area contributed by atoms with Gasteiger partial charge >= 0.3 is 0 Å². The van der Waals surface area contributed by atoms with E-state index in [1.807, 2.05) is 0 Å². The van der Waals surface area contributed by atoms with E-state index in [1.165, 1.54) is 0 Å². The van der Waals surface area contributed by atoms with E-state index < -0.39 is 5.79 Å². The van der Waals surface area contributed by atoms with E-state index >= 15 is 0 Å². The molecule has 1 aliphatic rings. The van der Waals surface area contributed by atoms with Gasteiger partial charge in [-0.05, 0) is 24.7 Å². The van der Waals surface area contributed by atoms with Crippen LogP contribution in [0.4, 0.5) is 0 Å². The molecule has 0 aliphatic heterocycles. The van der Waals surface area contributed by atoms with Crippen LogP contribution < -0.4 is 0 Å². The molecule has 0 saturated heterocycles. The first kappa shape index (κ1) is 14.9. The summed E-state index contributed by atoms with van der Waals surface area (Å²) < 4.78 is 15.6. The summed E-state index contributed by atoms with van der Waals surface area (Å²) in [5, 5.41) is 8.96. The van der Waals surface area contributed by atoms with Crippen LogP contribution in [0.15, 0.2) is 0 Å². The van der Waals surface area contributed by atoms with Gasteiger partial charge in [0.2, 0.25) is 0 Å². The Labute approximate surface area is 108 Å². The van der Waals surface area contributed by atoms with Gasteiger partial charge in [0, 0.05) is 33.5 Å². The monoisotopic (exact) mass is 255 g/mol. The molecular formula is C13H21NO4. The molecule has 0 unspecified atom stereocenters. The molecule has 0 aromatic carbocycles. The number of hydrogen-bond donors (Lipinski definition) is 0. The number of nitriles is 1. The number of ether oxygens (including phenoxy) is 3. The summed E-state index contributed by atoms with van der Waals surface area (Å²) in [4.78, 5) is 10.2. The average molecular weight is 255 g/mol. The van der Waals surface area contributed by atoms with Gasteiger partial charge in [-0.15, -0.1) is 0 Å². The first-order valence-corrected chi connectivity index (χ1v) is 6.18. The van der Waals surface area contributed by atoms with Crippen molar-refractivity contribution in [1.82, 2.24) is 0 Å². The van der Waals surface area contributed by atoms with Crippen molar-refractivity contribution in [3.63, 3.8) is 0 Å². The predicted molar refractivity (Wildman–Crippen MR) is 64.5 cm³/mol. The summed E-state index contributed by atoms with van der Waals surface area (Å²) in [6.45, 7) is 0.829. The highest BCUT2D eigenvalue weighted by atomic mass is 16.7. The van der Waals surface area contributed by atoms with Crippen LogP contribution in [-0.4, -0.2) is 33.1 Å². The summed E-state index contributed by atoms with van der Waals surface area (Å²) in [7, 11) is 3.30. The first-order chi connectivity index (χ1) is 8.66. The van der Waals surface area contributed by atoms with Gasteiger partial charge in [0.05, 0.1) is 12.7 Å². The molecule has 1 aliphatic carbocycles. The first-order valence-electron chi connectivity index (χ1n) is 6.18. The SMILES string of the molecule is COC1(OC)CCC(CC#N)(CCOC=O)CC1. The molecule has 102 valence electrons. The fraction of sp³-hybridized carbons (Fsp3) is 0.846. The van der Waals surface area contributed by atoms with Crippen LogP contribution in [0.3, 0.4) is 0 Å². The maximum atomic E-state index is 10.2. The van der Waals surface area contributed by atoms with E-state index in [4.69, 9.17) is 19.5 Å². The third-order valence-corrected chi connectivity index (χ3v) is 4.09. The van der Waals surface area contributed by atoms with E-state index in [2.05, 4.69) is 6.07 Å². The Morgan fingerprint density at radius 3 is 2.28 bits per heavy atom. The second-order valence-electron chi connectivity index (χ2n) is 4.87. The zero-order valence-corrected chi connectivity index (χ0v) is 11.1. The smallest absolute Gasteiger partial charge is 0.293 e. The summed E-state index contributed by atoms with van der Waals surface area (Å²) >= 11 is 0. The van der Waals surface area contributed by atoms with E-state index in [9.17, 15) is 4.79 Å². The minimum atomic E-state index is -0.509. The molecule has 0 heterocycles. The molecular weight excluding hydrogens is 234 g/mol. The average Bonchev–Trinajstić information content (AvgIpc) is 2.41. The summed E-state index contributed by atoms with van der Waals surface area (Å²) in [6.07, 6.45) is 4.45. The Hall–Kier alpha value is -1.12. The predicted octanol–water partition coefficient (Wildman–Crippen LogP) is 2.01. The molecule has 0 amide bonds. The number of nitrogens with zero attached hydrogens (tertiary/aromatic N) is 1. The van der Waals surface area contributed by atoms with Gasteiger partial charge in [0.1, 0.15) is 0 Å². The molecule has 1 saturated carbocycles. The van der Waals surface area contributed by atoms with Crippen LogP contribution in [0.1, 0.15) is 38.5 Å². The van der Waals surface area contributed by atoms with Crippen molar-refractivity contribution in [2.45, 2.75) is 44.3 Å². The fourth-order valence-corrected chi connectivity index (χ4v) is 2.66. The van der Waals surface area contributed by atoms with E-state index in [-0.39, 0.29) is 5.41 Å². The maximum Gasteiger partial charge on any atom is 0.293 e. The van der Waals surface area contributed by atoms with Crippen LogP contribution in [0, 0.1) is 16.7 Å². The molecule has 5 nitrogen and oxygen atoms in total. The largest absolute Gasteiger partial charge is 0.468 e. The van der Waals surface area contributed by atoms with E-state index in [0.717, 1.165) is 32.1 Å². The Morgan fingerprint density at radius 1 is 1.22 bits per heavy atom. The fourth-order valence-electron chi connectivity index (χ4n) is 2.66. The van der Waals surface area contributed by atoms with Crippen LogP contribution in [-0.2, 0) is 19.0 Å². The lowest BCUT2D eigenvalue weighted by Gasteiger charge is -2.44. The lowest BCUT2D eigenvalue weighted by Crippen LogP contribution is -2.42. The molecule has 0 aromatic rings. The number of hydrogen-bond acceptors (Lipinski definition) is 5. The Morgan fingerprint density at radius 2 is 1.83 bits per heavy atom. The Balaban J connectivity index is 2.61. The second kappa shape index (κ2) is 6.72. The zero-order chi connectivity index (χ0) is 13.5. The number of methoxy groups -OCH3 is 2. The van der Waals surface area contributed by atoms with Crippen LogP contribution in [0.5, 0.6) is 0 Å². The van der Waals surface area contributed by atoms with Crippen LogP contribution >= 0.6 is 0 Å². The molecule has 0 atom stereocenters. The lowest BCUT2D eigenvalue weighted by atomic mass is 9.68. The molecule has 0 radical (unpaired) electrons. The lowest BCUT2D eigenvalue weighted by molar-refractivity contribution is -0.235. The molecule has 1 rings (SSSR count). The highest BCUT2D eigenvalue weighted by molar-refractivity contribution is 5.36. The second-order valence-corrected chi connectivity index (χ2v) is 4.87. The zero-order valence-electron chi connectivity index (χ0n) is 11.1. The van der Waals surface area contributed by atoms with Gasteiger partial charge in [0.15, 0.2) is 5.79 Å². The Bertz CT molecular complexity index is 297. The summed E-state index contributed by atoms with van der Waals surface area (Å²) in [6, 6.07) is 2.24. The van der Waals surface area contributed by atoms with Crippen LogP contribution in [0.2, 0.25) is 0 Å². The van der Waals surface area contributed by atoms with Crippen molar-refractivity contribution in [3.05, 3.63) is 0 Å². The Kier molecular flexibility index (Phi) is 5.57. The van der Waals surface area contributed by atoms with Gasteiger partial charge in [-0.25, -0.2) is 0 Å². The van der Waals surface area contributed by atoms with E-state index in [1.54, 1.807) is 14.2 Å². The highest BCUT2D eigenvalue weighted by Crippen LogP contribution is 2.46. The number of rotatable bonds is 7. The normalized spacial score (nSPS) is 20.9. The molecule has 18 heavy (non-hydrogen) atoms. The minimum Gasteiger partial charge on any atom is -0.468 e. The maximum absolute atomic E-state index is 10.2. The van der Waals surface area contributed by atoms with Gasteiger partial charge < -0.3 is 14.2 Å². The van der Waals surface area contributed by atoms with Crippen molar-refractivity contribution >= 4 is 6.47 Å². The molecule has 0 bridgehead atoms. The minimum absolute atomic E-state index is 0.0711. The molecule has 1 fully saturated rings. The summed E-state index contributed by atoms with van der Waals surface area (Å²) in [5.74, 6) is -0.509. The van der Waals surface area contributed by atoms with Gasteiger partial charge in [-0.1, -0.05) is 0 Å². The van der Waals surface area contributed by atoms with Gasteiger partial charge in [-0.3, -0.25) is 4.79 Å². The van der Waals surface area contributed by atoms with E-state index in [0.29, 0.717) is 19.5 Å². The summed E-state index contributed by atoms with van der Waals surface area (Å²) in [5.41, 5.74) is -0.0711. The van der Waals surface area contributed by atoms with Gasteiger partial charge in [-0.2, -0.15) is 5.26 Å². The van der Waals surface area contributed by atoms with Crippen molar-refractivity contribution in [1.29, 1.82) is 5.26 Å². The topological polar surface area (TPSA) is 68.6 Å². The van der Waals surface area contributed by atoms with Crippen molar-refractivity contribution in [2.75, 3.05) is 20.8 Å². The van der Waals surface area contributed by atoms with Crippen molar-refractivity contribution in [2.24, 2.45) is 5.41 Å². The van der Waals surface area contributed by atoms with Crippen molar-refractivity contribution < 1.29 is 19.0 Å².